The van der Waals surface area contributed by atoms with Crippen LogP contribution in [0.4, 0.5) is 5.82 Å². The molecular formula is C23H30N4O2. The fourth-order valence-electron chi connectivity index (χ4n) is 4.74. The summed E-state index contributed by atoms with van der Waals surface area (Å²) in [6.45, 7) is 5.14. The van der Waals surface area contributed by atoms with E-state index in [1.807, 2.05) is 31.2 Å². The Kier molecular flexibility index (Phi) is 5.69. The third-order valence-electron chi connectivity index (χ3n) is 6.38. The van der Waals surface area contributed by atoms with Crippen LogP contribution >= 0.6 is 0 Å². The van der Waals surface area contributed by atoms with Gasteiger partial charge in [-0.15, -0.1) is 5.10 Å². The van der Waals surface area contributed by atoms with Gasteiger partial charge in [-0.1, -0.05) is 25.0 Å². The number of aromatic nitrogens is 2. The number of methoxy groups -OCH3 is 1. The van der Waals surface area contributed by atoms with Gasteiger partial charge in [0.15, 0.2) is 5.82 Å². The summed E-state index contributed by atoms with van der Waals surface area (Å²) in [5.74, 6) is 2.00. The van der Waals surface area contributed by atoms with Crippen molar-refractivity contribution in [1.29, 1.82) is 0 Å². The van der Waals surface area contributed by atoms with E-state index >= 15 is 0 Å². The quantitative estimate of drug-likeness (QED) is 0.796. The van der Waals surface area contributed by atoms with E-state index in [2.05, 4.69) is 32.1 Å². The van der Waals surface area contributed by atoms with E-state index in [1.165, 1.54) is 0 Å². The third-order valence-corrected chi connectivity index (χ3v) is 6.38. The molecule has 0 bridgehead atoms. The van der Waals surface area contributed by atoms with Gasteiger partial charge in [0, 0.05) is 26.2 Å². The van der Waals surface area contributed by atoms with Crippen LogP contribution in [0, 0.1) is 6.92 Å². The van der Waals surface area contributed by atoms with Gasteiger partial charge in [0.25, 0.3) is 0 Å². The number of anilines is 1. The van der Waals surface area contributed by atoms with Crippen molar-refractivity contribution in [2.45, 2.75) is 44.4 Å². The van der Waals surface area contributed by atoms with Crippen molar-refractivity contribution < 1.29 is 9.53 Å². The fourth-order valence-corrected chi connectivity index (χ4v) is 4.74. The summed E-state index contributed by atoms with van der Waals surface area (Å²) in [6.07, 6.45) is 4.98. The second-order valence-corrected chi connectivity index (χ2v) is 8.19. The molecular weight excluding hydrogens is 364 g/mol. The van der Waals surface area contributed by atoms with Crippen molar-refractivity contribution in [2.75, 3.05) is 38.2 Å². The average Bonchev–Trinajstić information content (AvgIpc) is 3.13. The maximum Gasteiger partial charge on any atom is 0.233 e. The minimum absolute atomic E-state index is 0.278. The molecule has 2 fully saturated rings. The van der Waals surface area contributed by atoms with Crippen molar-refractivity contribution in [3.05, 3.63) is 47.7 Å². The van der Waals surface area contributed by atoms with Gasteiger partial charge in [-0.2, -0.15) is 5.10 Å². The molecule has 2 heterocycles. The first kappa shape index (κ1) is 19.7. The van der Waals surface area contributed by atoms with E-state index in [9.17, 15) is 4.79 Å². The molecule has 2 aromatic rings. The summed E-state index contributed by atoms with van der Waals surface area (Å²) >= 11 is 0. The largest absolute Gasteiger partial charge is 0.497 e. The lowest BCUT2D eigenvalue weighted by Crippen LogP contribution is -2.47. The summed E-state index contributed by atoms with van der Waals surface area (Å²) in [5, 5.41) is 8.51. The number of aryl methyl sites for hydroxylation is 1. The van der Waals surface area contributed by atoms with Crippen molar-refractivity contribution in [3.63, 3.8) is 0 Å². The topological polar surface area (TPSA) is 58.6 Å². The molecule has 0 spiro atoms. The summed E-state index contributed by atoms with van der Waals surface area (Å²) in [4.78, 5) is 18.1. The Morgan fingerprint density at radius 3 is 2.55 bits per heavy atom. The number of hydrogen-bond donors (Lipinski definition) is 0. The van der Waals surface area contributed by atoms with Gasteiger partial charge in [0.05, 0.1) is 18.2 Å². The summed E-state index contributed by atoms with van der Waals surface area (Å²) in [6, 6.07) is 12.1. The minimum Gasteiger partial charge on any atom is -0.497 e. The Bertz CT molecular complexity index is 846. The van der Waals surface area contributed by atoms with Gasteiger partial charge in [-0.05, 0) is 56.0 Å². The maximum absolute atomic E-state index is 13.8. The van der Waals surface area contributed by atoms with E-state index in [0.717, 1.165) is 81.1 Å². The van der Waals surface area contributed by atoms with E-state index in [4.69, 9.17) is 4.74 Å². The number of benzene rings is 1. The van der Waals surface area contributed by atoms with Crippen LogP contribution in [0.15, 0.2) is 36.4 Å². The fraction of sp³-hybridized carbons (Fsp3) is 0.522. The highest BCUT2D eigenvalue weighted by molar-refractivity contribution is 5.89. The first-order valence-corrected chi connectivity index (χ1v) is 10.6. The van der Waals surface area contributed by atoms with Gasteiger partial charge in [0.2, 0.25) is 5.91 Å². The highest BCUT2D eigenvalue weighted by Gasteiger charge is 2.45. The smallest absolute Gasteiger partial charge is 0.233 e. The SMILES string of the molecule is COc1cccc(C2(C(=O)N3CCCN(c4ccc(C)nn4)CC3)CCCC2)c1. The molecule has 4 rings (SSSR count). The molecule has 1 saturated heterocycles. The molecule has 1 amide bonds. The van der Waals surface area contributed by atoms with Crippen LogP contribution < -0.4 is 9.64 Å². The lowest BCUT2D eigenvalue weighted by Gasteiger charge is -2.34. The molecule has 0 unspecified atom stereocenters. The van der Waals surface area contributed by atoms with Gasteiger partial charge in [-0.25, -0.2) is 0 Å². The van der Waals surface area contributed by atoms with Crippen molar-refractivity contribution in [2.24, 2.45) is 0 Å². The number of carbonyl (C=O) groups excluding carboxylic acids is 1. The van der Waals surface area contributed by atoms with Gasteiger partial charge < -0.3 is 14.5 Å². The first-order chi connectivity index (χ1) is 14.1. The number of amides is 1. The standard InChI is InChI=1S/C23H30N4O2/c1-18-9-10-21(25-24-18)26-13-6-14-27(16-15-26)22(28)23(11-3-4-12-23)19-7-5-8-20(17-19)29-2/h5,7-10,17H,3-4,6,11-16H2,1-2H3. The molecule has 0 N–H and O–H groups in total. The number of carbonyl (C=O) groups is 1. The van der Waals surface area contributed by atoms with E-state index in [-0.39, 0.29) is 5.91 Å². The Morgan fingerprint density at radius 2 is 1.83 bits per heavy atom. The number of hydrogen-bond acceptors (Lipinski definition) is 5. The van der Waals surface area contributed by atoms with Crippen molar-refractivity contribution in [3.8, 4) is 5.75 Å². The molecule has 1 saturated carbocycles. The molecule has 0 radical (unpaired) electrons. The predicted octanol–water partition coefficient (Wildman–Crippen LogP) is 3.34. The normalized spacial score (nSPS) is 19.1. The molecule has 1 aromatic carbocycles. The van der Waals surface area contributed by atoms with E-state index in [0.29, 0.717) is 0 Å². The van der Waals surface area contributed by atoms with Crippen LogP contribution in [0.5, 0.6) is 5.75 Å². The van der Waals surface area contributed by atoms with Crippen LogP contribution in [-0.2, 0) is 10.2 Å². The summed E-state index contributed by atoms with van der Waals surface area (Å²) in [5.41, 5.74) is 1.61. The maximum atomic E-state index is 13.8. The summed E-state index contributed by atoms with van der Waals surface area (Å²) in [7, 11) is 1.68. The van der Waals surface area contributed by atoms with Crippen LogP contribution in [0.3, 0.4) is 0 Å². The zero-order valence-electron chi connectivity index (χ0n) is 17.4. The minimum atomic E-state index is -0.409. The molecule has 6 nitrogen and oxygen atoms in total. The molecule has 29 heavy (non-hydrogen) atoms. The number of rotatable bonds is 4. The van der Waals surface area contributed by atoms with Gasteiger partial charge in [0.1, 0.15) is 5.75 Å². The first-order valence-electron chi connectivity index (χ1n) is 10.6. The molecule has 2 aliphatic rings. The van der Waals surface area contributed by atoms with E-state index < -0.39 is 5.41 Å². The number of nitrogens with zero attached hydrogens (tertiary/aromatic N) is 4. The van der Waals surface area contributed by atoms with Crippen LogP contribution in [0.2, 0.25) is 0 Å². The molecule has 1 aliphatic heterocycles. The highest BCUT2D eigenvalue weighted by Crippen LogP contribution is 2.43. The van der Waals surface area contributed by atoms with E-state index in [1.54, 1.807) is 7.11 Å². The van der Waals surface area contributed by atoms with Crippen molar-refractivity contribution >= 4 is 11.7 Å². The monoisotopic (exact) mass is 394 g/mol. The Balaban J connectivity index is 1.53. The molecule has 1 aromatic heterocycles. The lowest BCUT2D eigenvalue weighted by atomic mass is 9.77. The molecule has 154 valence electrons. The van der Waals surface area contributed by atoms with Crippen LogP contribution in [0.25, 0.3) is 0 Å². The predicted molar refractivity (Wildman–Crippen MR) is 113 cm³/mol. The molecule has 1 aliphatic carbocycles. The molecule has 0 atom stereocenters. The highest BCUT2D eigenvalue weighted by atomic mass is 16.5. The van der Waals surface area contributed by atoms with Gasteiger partial charge >= 0.3 is 0 Å². The number of ether oxygens (including phenoxy) is 1. The zero-order chi connectivity index (χ0) is 20.3. The Morgan fingerprint density at radius 1 is 1.00 bits per heavy atom. The second kappa shape index (κ2) is 8.39. The molecule has 6 heteroatoms. The van der Waals surface area contributed by atoms with Crippen molar-refractivity contribution in [1.82, 2.24) is 15.1 Å². The Labute approximate surface area is 172 Å². The third kappa shape index (κ3) is 3.93. The van der Waals surface area contributed by atoms with Gasteiger partial charge in [-0.3, -0.25) is 4.79 Å². The van der Waals surface area contributed by atoms with Crippen LogP contribution in [0.1, 0.15) is 43.4 Å². The zero-order valence-corrected chi connectivity index (χ0v) is 17.4. The van der Waals surface area contributed by atoms with Crippen LogP contribution in [-0.4, -0.2) is 54.3 Å². The lowest BCUT2D eigenvalue weighted by molar-refractivity contribution is -0.137. The Hall–Kier alpha value is -2.63. The summed E-state index contributed by atoms with van der Waals surface area (Å²) < 4.78 is 5.43. The second-order valence-electron chi connectivity index (χ2n) is 8.19. The average molecular weight is 395 g/mol.